The molecule has 1 aliphatic heterocycles. The quantitative estimate of drug-likeness (QED) is 0.0259. The number of carbonyl (C=O) groups excluding carboxylic acids is 10. The minimum absolute atomic E-state index is 0.0722. The van der Waals surface area contributed by atoms with E-state index in [2.05, 4.69) is 16.0 Å². The Morgan fingerprint density at radius 3 is 1.60 bits per heavy atom. The van der Waals surface area contributed by atoms with Gasteiger partial charge in [0.15, 0.2) is 27.2 Å². The Morgan fingerprint density at radius 1 is 0.558 bits per heavy atom. The van der Waals surface area contributed by atoms with Crippen molar-refractivity contribution in [3.8, 4) is 0 Å². The highest BCUT2D eigenvalue weighted by atomic mass is 32.2. The van der Waals surface area contributed by atoms with Crippen LogP contribution in [0.15, 0.2) is 78.9 Å². The number of aliphatic hydroxyl groups excluding tert-OH is 1. The van der Waals surface area contributed by atoms with Gasteiger partial charge in [-0.15, -0.1) is 0 Å². The Labute approximate surface area is 765 Å². The first-order valence-corrected chi connectivity index (χ1v) is 47.5. The fourth-order valence-electron chi connectivity index (χ4n) is 15.9. The first-order chi connectivity index (χ1) is 61.7. The molecule has 0 bridgehead atoms. The van der Waals surface area contributed by atoms with Gasteiger partial charge in [-0.25, -0.2) is 18.0 Å². The van der Waals surface area contributed by atoms with Gasteiger partial charge in [0.05, 0.1) is 173 Å². The maximum atomic E-state index is 15.0. The highest BCUT2D eigenvalue weighted by Gasteiger charge is 2.45. The van der Waals surface area contributed by atoms with Crippen molar-refractivity contribution in [3.05, 3.63) is 101 Å². The summed E-state index contributed by atoms with van der Waals surface area (Å²) in [4.78, 5) is 146. The monoisotopic (exact) mass is 1840 g/mol. The van der Waals surface area contributed by atoms with Crippen molar-refractivity contribution >= 4 is 74.4 Å². The number of hydrogen-bond acceptors (Lipinski definition) is 26. The SMILES string of the molecule is CC[C@H](C)[C@@H]([C@@H](CC(=O)N1CCC[C@H]1[C@H](OC)[C@@H](C)C(=O)C[C@H](C)[C@@H](O)c1ccccc1)OC)N(C)C(=O)[C@@H](CC(=O)[C@H](C(C)C)N(C)C(=O)OCc1ccc(NC(=O)[C@H](CCCNC(N)=O)CC(=O)[C@@H](NC(=O)c2ccc(C(=O)C(CCCCOCCOCCOCCOCCOC)CS(=O)(=O)CCOCCOCCOCCOCCOC)cc2)C(C)C)cc1)C(C)C. The lowest BCUT2D eigenvalue weighted by Gasteiger charge is -2.41. The number of anilines is 1. The number of urea groups is 1. The number of likely N-dealkylation sites (N-methyl/N-ethyl adjacent to an activating group) is 2. The zero-order chi connectivity index (χ0) is 95.4. The van der Waals surface area contributed by atoms with Crippen LogP contribution in [0.4, 0.5) is 15.3 Å². The molecule has 0 saturated carbocycles. The van der Waals surface area contributed by atoms with Crippen LogP contribution in [0.3, 0.4) is 0 Å². The molecule has 34 heteroatoms. The van der Waals surface area contributed by atoms with Crippen molar-refractivity contribution in [3.63, 3.8) is 0 Å². The third-order valence-electron chi connectivity index (χ3n) is 23.5. The van der Waals surface area contributed by atoms with Crippen molar-refractivity contribution in [1.82, 2.24) is 25.3 Å². The van der Waals surface area contributed by atoms with E-state index in [0.29, 0.717) is 149 Å². The number of carbonyl (C=O) groups is 10. The molecule has 3 aromatic rings. The fourth-order valence-corrected chi connectivity index (χ4v) is 17.3. The number of Topliss-reactive ketones (excluding diaryl/α,β-unsaturated/α-hetero) is 4. The molecular formula is C95H153N7O26S. The number of amides is 7. The summed E-state index contributed by atoms with van der Waals surface area (Å²) in [5.41, 5.74) is 7.22. The van der Waals surface area contributed by atoms with Crippen LogP contribution >= 0.6 is 0 Å². The Hall–Kier alpha value is -7.81. The molecule has 4 rings (SSSR count). The first kappa shape index (κ1) is 114. The predicted molar refractivity (Wildman–Crippen MR) is 489 cm³/mol. The molecule has 1 heterocycles. The molecule has 1 aliphatic rings. The van der Waals surface area contributed by atoms with Crippen LogP contribution in [0.25, 0.3) is 0 Å². The van der Waals surface area contributed by atoms with Crippen molar-refractivity contribution in [2.24, 2.45) is 59.0 Å². The normalized spacial score (nSPS) is 15.8. The first-order valence-electron chi connectivity index (χ1n) is 45.7. The van der Waals surface area contributed by atoms with Crippen molar-refractivity contribution in [2.45, 2.75) is 195 Å². The summed E-state index contributed by atoms with van der Waals surface area (Å²) in [6, 6.07) is 17.5. The van der Waals surface area contributed by atoms with E-state index in [-0.39, 0.29) is 136 Å². The van der Waals surface area contributed by atoms with Gasteiger partial charge in [-0.2, -0.15) is 0 Å². The van der Waals surface area contributed by atoms with Crippen LogP contribution in [-0.4, -0.2) is 310 Å². The lowest BCUT2D eigenvalue weighted by Crippen LogP contribution is -2.54. The number of unbranched alkanes of at least 4 members (excludes halogenated alkanes) is 1. The van der Waals surface area contributed by atoms with E-state index < -0.39 is 129 Å². The van der Waals surface area contributed by atoms with E-state index in [4.69, 9.17) is 67.3 Å². The van der Waals surface area contributed by atoms with E-state index in [0.717, 1.165) is 5.56 Å². The van der Waals surface area contributed by atoms with Crippen LogP contribution in [0.5, 0.6) is 0 Å². The van der Waals surface area contributed by atoms with Gasteiger partial charge in [0, 0.05) is 122 Å². The Balaban J connectivity index is 1.39. The zero-order valence-corrected chi connectivity index (χ0v) is 80.3. The van der Waals surface area contributed by atoms with Gasteiger partial charge >= 0.3 is 12.1 Å². The van der Waals surface area contributed by atoms with E-state index in [1.54, 1.807) is 90.1 Å². The Kier molecular flexibility index (Phi) is 55.7. The van der Waals surface area contributed by atoms with Gasteiger partial charge in [-0.3, -0.25) is 38.4 Å². The summed E-state index contributed by atoms with van der Waals surface area (Å²) < 4.78 is 99.4. The highest BCUT2D eigenvalue weighted by Crippen LogP contribution is 2.34. The number of ketones is 4. The van der Waals surface area contributed by atoms with Crippen molar-refractivity contribution < 1.29 is 123 Å². The van der Waals surface area contributed by atoms with Gasteiger partial charge in [0.1, 0.15) is 12.4 Å². The molecule has 1 saturated heterocycles. The number of methoxy groups -OCH3 is 4. The number of nitrogens with one attached hydrogen (secondary N) is 3. The van der Waals surface area contributed by atoms with Gasteiger partial charge in [0.25, 0.3) is 5.91 Å². The number of sulfone groups is 1. The van der Waals surface area contributed by atoms with Gasteiger partial charge in [0.2, 0.25) is 17.7 Å². The maximum absolute atomic E-state index is 15.0. The molecule has 129 heavy (non-hydrogen) atoms. The molecule has 0 aliphatic carbocycles. The average Bonchev–Trinajstić information content (AvgIpc) is 1.78. The van der Waals surface area contributed by atoms with Gasteiger partial charge in [-0.1, -0.05) is 137 Å². The molecular weight excluding hydrogens is 1690 g/mol. The number of benzene rings is 3. The second kappa shape index (κ2) is 63.3. The van der Waals surface area contributed by atoms with Crippen LogP contribution in [0.1, 0.15) is 184 Å². The van der Waals surface area contributed by atoms with Crippen molar-refractivity contribution in [2.75, 3.05) is 191 Å². The number of rotatable bonds is 72. The summed E-state index contributed by atoms with van der Waals surface area (Å²) in [5, 5.41) is 19.3. The van der Waals surface area contributed by atoms with Crippen LogP contribution in [-0.2, 0) is 107 Å². The number of ether oxygens (including phenoxy) is 13. The fraction of sp³-hybridized carbons (Fsp3) is 0.705. The summed E-state index contributed by atoms with van der Waals surface area (Å²) in [6.07, 6.45) is 0.0181. The third kappa shape index (κ3) is 41.9. The maximum Gasteiger partial charge on any atom is 0.410 e. The molecule has 33 nitrogen and oxygen atoms in total. The number of likely N-dealkylation sites (tertiary alicyclic amines) is 1. The molecule has 6 N–H and O–H groups in total. The molecule has 13 atom stereocenters. The van der Waals surface area contributed by atoms with Crippen LogP contribution in [0.2, 0.25) is 0 Å². The minimum atomic E-state index is -3.83. The number of hydrogen-bond donors (Lipinski definition) is 5. The molecule has 0 aromatic heterocycles. The molecule has 0 spiro atoms. The zero-order valence-electron chi connectivity index (χ0n) is 79.5. The lowest BCUT2D eigenvalue weighted by molar-refractivity contribution is -0.149. The Bertz CT molecular complexity index is 3860. The minimum Gasteiger partial charge on any atom is -0.445 e. The molecule has 1 unspecified atom stereocenters. The molecule has 7 amide bonds. The Morgan fingerprint density at radius 2 is 1.09 bits per heavy atom. The molecule has 0 radical (unpaired) electrons. The largest absolute Gasteiger partial charge is 0.445 e. The van der Waals surface area contributed by atoms with E-state index in [1.165, 1.54) is 43.3 Å². The number of nitrogens with two attached hydrogens (primary N) is 1. The second-order valence-electron chi connectivity index (χ2n) is 34.3. The number of nitrogens with zero attached hydrogens (tertiary/aromatic N) is 3. The van der Waals surface area contributed by atoms with E-state index in [9.17, 15) is 56.7 Å². The number of aliphatic hydroxyl groups is 1. The van der Waals surface area contributed by atoms with Gasteiger partial charge < -0.3 is 103 Å². The number of primary amides is 1. The highest BCUT2D eigenvalue weighted by molar-refractivity contribution is 7.91. The van der Waals surface area contributed by atoms with Crippen LogP contribution in [0, 0.1) is 53.3 Å². The van der Waals surface area contributed by atoms with Crippen LogP contribution < -0.4 is 21.7 Å². The molecule has 730 valence electrons. The summed E-state index contributed by atoms with van der Waals surface area (Å²) >= 11 is 0. The van der Waals surface area contributed by atoms with E-state index in [1.807, 2.05) is 71.9 Å². The standard InChI is InChI=1S/C95H153N7O26S/c1-17-68(8)87(83(118-15)62-84(106)102-39-24-29-79(102)90(119-16)70(10)80(103)59-69(9)88(107)72-25-19-18-20-26-72)100(11)93(111)78(65(2)3)61-82(105)86(67(6)7)101(12)95(113)128-63-71-30-36-77(37-31-71)98-92(110)75(28-23-38-97-94(96)112)60-81(104)85(66(4)5)99-91(109)74-34-32-73(33-35-74)89(108)76(27-21-22-40-120-45-46-123-51-52-124-49-47-121-43-41-116-13)64-129(114,115)58-57-127-56-55-126-54-53-125-50-48-122-44-42-117-14/h18-20,25-26,30-37,65-70,75-76,78-79,83,85-88,90,107H,17,21-24,27-29,38-64H2,1-16H3,(H,98,110)(H,99,109)(H3,96,97,112)/t68-,69-,70-,75+,76?,78-,79-,83+,85-,86-,87-,88+,90+/m0/s1. The third-order valence-corrected chi connectivity index (χ3v) is 25.2. The molecule has 3 aromatic carbocycles. The van der Waals surface area contributed by atoms with Crippen molar-refractivity contribution in [1.29, 1.82) is 0 Å². The summed E-state index contributed by atoms with van der Waals surface area (Å²) in [7, 11) is 5.57. The lowest BCUT2D eigenvalue weighted by atomic mass is 9.83. The smallest absolute Gasteiger partial charge is 0.410 e. The summed E-state index contributed by atoms with van der Waals surface area (Å²) in [6.45, 7) is 25.1. The van der Waals surface area contributed by atoms with E-state index >= 15 is 4.79 Å². The summed E-state index contributed by atoms with van der Waals surface area (Å²) in [5.74, 6) is -8.91. The topological polar surface area (TPSA) is 417 Å². The molecule has 1 fully saturated rings. The average molecular weight is 1840 g/mol. The van der Waals surface area contributed by atoms with Gasteiger partial charge in [-0.05, 0) is 104 Å². The second-order valence-corrected chi connectivity index (χ2v) is 36.5. The predicted octanol–water partition coefficient (Wildman–Crippen LogP) is 9.99.